The van der Waals surface area contributed by atoms with Crippen molar-refractivity contribution in [3.63, 3.8) is 0 Å². The largest absolute Gasteiger partial charge is 0.480 e. The number of carbonyl (C=O) groups excluding carboxylic acids is 22. The molecule has 58 heteroatoms. The summed E-state index contributed by atoms with van der Waals surface area (Å²) in [6, 6.07) is -21.8. The third kappa shape index (κ3) is 43.3. The minimum absolute atomic E-state index is 0.00129. The summed E-state index contributed by atoms with van der Waals surface area (Å²) in [4.78, 5) is 330. The molecule has 0 unspecified atom stereocenters. The number of imidazole rings is 2. The number of likely N-dealkylation sites (tertiary alicyclic amines) is 3. The van der Waals surface area contributed by atoms with Crippen molar-refractivity contribution in [2.75, 3.05) is 65.4 Å². The van der Waals surface area contributed by atoms with Crippen molar-refractivity contribution in [1.82, 2.24) is 130 Å². The zero-order valence-electron chi connectivity index (χ0n) is 83.7. The number of H-pyrrole nitrogens is 2. The molecule has 16 atom stereocenters. The summed E-state index contributed by atoms with van der Waals surface area (Å²) in [5, 5.41) is 81.1. The van der Waals surface area contributed by atoms with E-state index in [1.807, 2.05) is 0 Å². The van der Waals surface area contributed by atoms with Crippen LogP contribution in [0.25, 0.3) is 0 Å². The van der Waals surface area contributed by atoms with Crippen LogP contribution in [0.4, 0.5) is 0 Å². The summed E-state index contributed by atoms with van der Waals surface area (Å²) in [5.74, 6) is -23.2. The molecule has 147 heavy (non-hydrogen) atoms. The fourth-order valence-corrected chi connectivity index (χ4v) is 16.2. The average molecular weight is 2080 g/mol. The number of hydrogen-bond donors (Lipinski definition) is 30. The van der Waals surface area contributed by atoms with Gasteiger partial charge in [0.1, 0.15) is 90.6 Å². The van der Waals surface area contributed by atoms with Gasteiger partial charge in [-0.05, 0) is 134 Å². The number of guanidine groups is 2. The number of carboxylic acid groups (broad SMARTS) is 1. The number of amides is 22. The van der Waals surface area contributed by atoms with Crippen LogP contribution in [0.1, 0.15) is 189 Å². The second-order valence-corrected chi connectivity index (χ2v) is 37.3. The van der Waals surface area contributed by atoms with Gasteiger partial charge in [-0.15, -0.1) is 0 Å². The summed E-state index contributed by atoms with van der Waals surface area (Å²) in [6.45, 7) is 9.05. The number of aliphatic hydroxyl groups is 1. The normalized spacial score (nSPS) is 16.9. The molecule has 0 aromatic carbocycles. The Hall–Kier alpha value is -15.3. The zero-order valence-corrected chi connectivity index (χ0v) is 83.7. The first-order valence-electron chi connectivity index (χ1n) is 48.5. The molecule has 3 fully saturated rings. The van der Waals surface area contributed by atoms with Crippen LogP contribution in [0.3, 0.4) is 0 Å². The third-order valence-electron chi connectivity index (χ3n) is 23.7. The van der Waals surface area contributed by atoms with Crippen molar-refractivity contribution in [3.8, 4) is 0 Å². The first kappa shape index (κ1) is 122. The smallest absolute Gasteiger partial charge is 0.326 e. The molecule has 3 saturated heterocycles. The van der Waals surface area contributed by atoms with Crippen molar-refractivity contribution in [2.24, 2.45) is 52.2 Å². The van der Waals surface area contributed by atoms with Gasteiger partial charge in [-0.1, -0.05) is 41.5 Å². The van der Waals surface area contributed by atoms with E-state index in [1.54, 1.807) is 41.5 Å². The SMILES string of the molecule is CC(C)C[C@H](NC(=O)CNC(=O)[C@@H]1CCCN1C(=O)[C@@H]1CCCN1C(=O)[C@H](CCCNC(=N)N)NC(=O)CNC(=O)CNC(=O)[C@H](CCC(N)=O)NC(=O)CNC(=O)[C@H](Cc1cnc[nH]1)NC(=O)[C@H](C)NC(=O)CN)C(=O)N[C@@H](CCCNC(=N)N)C(=O)N[C@@H](CCC(N)=O)C(=O)N[C@H](C(=O)N1CCC[C@H]1C(=O)N[C@@H](CCC(N)=O)C(=O)N[C@@H](CC(C)C)C(=O)N[C@@H](CC(C)C)C(=O)N[C@@H](Cc1cnc[nH]1)C(=O)O)[C@@H](C)O. The summed E-state index contributed by atoms with van der Waals surface area (Å²) >= 11 is 0. The predicted octanol–water partition coefficient (Wildman–Crippen LogP) is -11.9. The van der Waals surface area contributed by atoms with Crippen molar-refractivity contribution >= 4 is 148 Å². The maximum atomic E-state index is 14.7. The van der Waals surface area contributed by atoms with Gasteiger partial charge in [0.15, 0.2) is 11.9 Å². The summed E-state index contributed by atoms with van der Waals surface area (Å²) in [5.41, 5.74) is 33.5. The Bertz CT molecular complexity index is 4920. The van der Waals surface area contributed by atoms with Crippen molar-refractivity contribution in [2.45, 2.75) is 287 Å². The highest BCUT2D eigenvalue weighted by molar-refractivity contribution is 6.02. The maximum Gasteiger partial charge on any atom is 0.326 e. The van der Waals surface area contributed by atoms with Gasteiger partial charge in [-0.2, -0.15) is 0 Å². The standard InChI is InChI=1S/C89H145N33O25/c1-44(2)30-56(111-71(131)41-105-82(141)61-16-11-27-120(61)85(144)63-18-13-29-122(63)84(143)55(15-10-26-101-89(96)97)110-69(129)39-102-68(128)38-103-74(133)52(19-22-64(91)124)109-70(130)40-104-75(134)59(33-49-36-98-42-106-49)115-73(132)47(7)108-67(127)35-90)79(138)112-51(14-9-25-100-88(94)95)76(135)113-54(21-24-66(93)126)78(137)119-72(48(8)123)86(145)121-28-12-17-62(121)83(142)114-53(20-23-65(92)125)77(136)116-57(31-45(3)4)80(139)117-58(32-46(5)6)81(140)118-60(87(146)147)34-50-37-99-43-107-50/h36-37,42-48,51-63,72,123H,9-35,38-41,90H2,1-8H3,(H2,91,124)(H2,92,125)(H2,93,126)(H,98,106)(H,99,107)(H,102,128)(H,103,133)(H,104,134)(H,105,141)(H,108,127)(H,109,130)(H,110,129)(H,111,131)(H,112,138)(H,113,135)(H,114,142)(H,115,132)(H,116,136)(H,117,139)(H,118,140)(H,119,137)(H,146,147)(H4,94,95,100)(H4,96,97,101)/t47-,48+,51-,52-,53-,54-,55-,56-,57-,58-,59-,60-,61-,62-,63-,72-/m0/s1. The van der Waals surface area contributed by atoms with E-state index < -0.39 is 316 Å². The molecule has 3 aliphatic rings. The molecule has 2 aromatic heterocycles. The number of aliphatic hydroxyl groups excluding tert-OH is 1. The van der Waals surface area contributed by atoms with Crippen LogP contribution in [0.5, 0.6) is 0 Å². The number of carbonyl (C=O) groups is 23. The monoisotopic (exact) mass is 2080 g/mol. The van der Waals surface area contributed by atoms with Crippen LogP contribution in [-0.4, -0.2) is 355 Å². The Balaban J connectivity index is 1.24. The molecule has 5 heterocycles. The molecule has 0 radical (unpaired) electrons. The number of aliphatic carboxylic acids is 1. The third-order valence-corrected chi connectivity index (χ3v) is 23.7. The molecule has 0 saturated carbocycles. The maximum absolute atomic E-state index is 14.7. The molecule has 816 valence electrons. The fourth-order valence-electron chi connectivity index (χ4n) is 16.2. The van der Waals surface area contributed by atoms with Crippen molar-refractivity contribution < 1.29 is 120 Å². The van der Waals surface area contributed by atoms with E-state index in [4.69, 9.17) is 45.2 Å². The second-order valence-electron chi connectivity index (χ2n) is 37.3. The number of carboxylic acids is 1. The molecule has 36 N–H and O–H groups in total. The average Bonchev–Trinajstić information content (AvgIpc) is 1.66. The van der Waals surface area contributed by atoms with E-state index in [0.29, 0.717) is 11.4 Å². The van der Waals surface area contributed by atoms with Crippen molar-refractivity contribution in [3.05, 3.63) is 36.4 Å². The first-order chi connectivity index (χ1) is 69.4. The van der Waals surface area contributed by atoms with Gasteiger partial charge in [-0.3, -0.25) is 116 Å². The molecule has 3 aliphatic heterocycles. The van der Waals surface area contributed by atoms with Crippen LogP contribution in [-0.2, 0) is 123 Å². The molecular formula is C89H145N33O25. The number of hydrogen-bond acceptors (Lipinski definition) is 29. The number of nitrogens with zero attached hydrogens (tertiary/aromatic N) is 5. The van der Waals surface area contributed by atoms with E-state index in [-0.39, 0.29) is 147 Å². The molecule has 0 aliphatic carbocycles. The molecule has 5 rings (SSSR count). The van der Waals surface area contributed by atoms with Gasteiger partial charge >= 0.3 is 5.97 Å². The second kappa shape index (κ2) is 61.7. The lowest BCUT2D eigenvalue weighted by Gasteiger charge is -2.33. The number of primary amides is 3. The minimum Gasteiger partial charge on any atom is -0.480 e. The van der Waals surface area contributed by atoms with Gasteiger partial charge in [0.05, 0.1) is 51.5 Å². The van der Waals surface area contributed by atoms with Crippen LogP contribution in [0.15, 0.2) is 25.0 Å². The zero-order chi connectivity index (χ0) is 110. The number of rotatable bonds is 64. The summed E-state index contributed by atoms with van der Waals surface area (Å²) in [7, 11) is 0. The lowest BCUT2D eigenvalue weighted by molar-refractivity contribution is -0.148. The highest BCUT2D eigenvalue weighted by Crippen LogP contribution is 2.28. The van der Waals surface area contributed by atoms with Crippen molar-refractivity contribution in [1.29, 1.82) is 10.8 Å². The van der Waals surface area contributed by atoms with E-state index in [2.05, 4.69) is 116 Å². The lowest BCUT2D eigenvalue weighted by Crippen LogP contribution is -2.62. The van der Waals surface area contributed by atoms with Crippen LogP contribution in [0, 0.1) is 28.6 Å². The van der Waals surface area contributed by atoms with Gasteiger partial charge in [-0.25, -0.2) is 14.8 Å². The quantitative estimate of drug-likeness (QED) is 0.0166. The van der Waals surface area contributed by atoms with E-state index >= 15 is 0 Å². The van der Waals surface area contributed by atoms with Crippen LogP contribution >= 0.6 is 0 Å². The highest BCUT2D eigenvalue weighted by Gasteiger charge is 2.47. The minimum atomic E-state index is -1.91. The Morgan fingerprint density at radius 3 is 1.19 bits per heavy atom. The number of aromatic nitrogens is 4. The lowest BCUT2D eigenvalue weighted by atomic mass is 9.99. The van der Waals surface area contributed by atoms with Gasteiger partial charge in [0.2, 0.25) is 130 Å². The highest BCUT2D eigenvalue weighted by atomic mass is 16.4. The molecule has 22 amide bonds. The molecule has 0 spiro atoms. The molecule has 2 aromatic rings. The van der Waals surface area contributed by atoms with Gasteiger partial charge in [0, 0.05) is 88.6 Å². The van der Waals surface area contributed by atoms with E-state index in [0.717, 1.165) is 11.8 Å². The fraction of sp³-hybridized carbons (Fsp3) is 0.652. The molecule has 0 bridgehead atoms. The Morgan fingerprint density at radius 2 is 0.741 bits per heavy atom. The van der Waals surface area contributed by atoms with E-state index in [1.165, 1.54) is 41.8 Å². The topological polar surface area (TPSA) is 921 Å². The number of nitrogens with two attached hydrogens (primary N) is 6. The van der Waals surface area contributed by atoms with Gasteiger partial charge in [0.25, 0.3) is 0 Å². The molecule has 58 nitrogen and oxygen atoms in total. The Labute approximate surface area is 847 Å². The Kier molecular flexibility index (Phi) is 51.3. The Morgan fingerprint density at radius 1 is 0.381 bits per heavy atom. The van der Waals surface area contributed by atoms with Crippen LogP contribution < -0.4 is 130 Å². The van der Waals surface area contributed by atoms with E-state index in [9.17, 15) is 120 Å². The van der Waals surface area contributed by atoms with Gasteiger partial charge < -0.3 is 165 Å². The number of aromatic amines is 2. The summed E-state index contributed by atoms with van der Waals surface area (Å²) < 4.78 is 0. The summed E-state index contributed by atoms with van der Waals surface area (Å²) in [6.07, 6.45) is 0.803. The number of nitrogens with one attached hydrogen (secondary N) is 22. The first-order valence-corrected chi connectivity index (χ1v) is 48.5. The molecular weight excluding hydrogens is 1930 g/mol. The predicted molar refractivity (Wildman–Crippen MR) is 520 cm³/mol. The van der Waals surface area contributed by atoms with Crippen LogP contribution in [0.2, 0.25) is 0 Å².